The second-order valence-electron chi connectivity index (χ2n) is 4.02. The summed E-state index contributed by atoms with van der Waals surface area (Å²) in [5.41, 5.74) is 8.43. The van der Waals surface area contributed by atoms with Crippen molar-refractivity contribution in [1.82, 2.24) is 4.98 Å². The summed E-state index contributed by atoms with van der Waals surface area (Å²) in [6, 6.07) is 9.20. The third kappa shape index (κ3) is 1.55. The largest absolute Gasteiger partial charge is 0.360 e. The molecule has 0 unspecified atom stereocenters. The summed E-state index contributed by atoms with van der Waals surface area (Å²) in [4.78, 5) is 3.23. The standard InChI is InChI=1S/C13H17N2/c1-3-13(14,4-2)11-9-15-12-8-6-5-7-10(11)12/h5-7,9,15H,3-4,14H2,1-2H3. The van der Waals surface area contributed by atoms with Gasteiger partial charge in [-0.3, -0.25) is 0 Å². The molecule has 0 aliphatic rings. The Morgan fingerprint density at radius 1 is 1.40 bits per heavy atom. The van der Waals surface area contributed by atoms with Gasteiger partial charge in [-0.2, -0.15) is 0 Å². The first-order valence-corrected chi connectivity index (χ1v) is 5.48. The first-order valence-electron chi connectivity index (χ1n) is 5.48. The quantitative estimate of drug-likeness (QED) is 0.787. The van der Waals surface area contributed by atoms with Crippen molar-refractivity contribution >= 4 is 10.9 Å². The maximum atomic E-state index is 6.39. The number of fused-ring (bicyclic) bond motifs is 1. The Balaban J connectivity index is 2.61. The van der Waals surface area contributed by atoms with Gasteiger partial charge < -0.3 is 10.7 Å². The van der Waals surface area contributed by atoms with E-state index in [1.54, 1.807) is 0 Å². The van der Waals surface area contributed by atoms with Crippen LogP contribution in [-0.4, -0.2) is 4.98 Å². The summed E-state index contributed by atoms with van der Waals surface area (Å²) in [6.07, 6.45) is 3.92. The number of hydrogen-bond donors (Lipinski definition) is 2. The van der Waals surface area contributed by atoms with Crippen LogP contribution >= 0.6 is 0 Å². The van der Waals surface area contributed by atoms with Crippen LogP contribution in [0.1, 0.15) is 32.3 Å². The van der Waals surface area contributed by atoms with Crippen LogP contribution in [0, 0.1) is 6.07 Å². The number of aromatic nitrogens is 1. The molecular formula is C13H17N2. The lowest BCUT2D eigenvalue weighted by Gasteiger charge is -2.26. The molecular weight excluding hydrogens is 184 g/mol. The van der Waals surface area contributed by atoms with Crippen molar-refractivity contribution in [1.29, 1.82) is 0 Å². The normalized spacial score (nSPS) is 12.2. The Kier molecular flexibility index (Phi) is 2.53. The van der Waals surface area contributed by atoms with Gasteiger partial charge in [-0.15, -0.1) is 0 Å². The Morgan fingerprint density at radius 2 is 2.13 bits per heavy atom. The predicted octanol–water partition coefficient (Wildman–Crippen LogP) is 2.94. The molecule has 2 heteroatoms. The van der Waals surface area contributed by atoms with Gasteiger partial charge in [0, 0.05) is 23.2 Å². The molecule has 0 spiro atoms. The smallest absolute Gasteiger partial charge is 0.0537 e. The van der Waals surface area contributed by atoms with E-state index in [-0.39, 0.29) is 5.54 Å². The van der Waals surface area contributed by atoms with E-state index in [4.69, 9.17) is 5.73 Å². The van der Waals surface area contributed by atoms with Crippen LogP contribution in [0.3, 0.4) is 0 Å². The van der Waals surface area contributed by atoms with E-state index in [1.165, 1.54) is 10.9 Å². The van der Waals surface area contributed by atoms with Crippen molar-refractivity contribution in [3.63, 3.8) is 0 Å². The molecule has 0 saturated carbocycles. The van der Waals surface area contributed by atoms with Crippen molar-refractivity contribution in [3.05, 3.63) is 36.0 Å². The number of aromatic amines is 1. The van der Waals surface area contributed by atoms with E-state index >= 15 is 0 Å². The highest BCUT2D eigenvalue weighted by atomic mass is 14.8. The highest BCUT2D eigenvalue weighted by Crippen LogP contribution is 2.31. The summed E-state index contributed by atoms with van der Waals surface area (Å²) in [6.45, 7) is 4.27. The average Bonchev–Trinajstić information content (AvgIpc) is 2.72. The zero-order chi connectivity index (χ0) is 10.9. The average molecular weight is 201 g/mol. The van der Waals surface area contributed by atoms with Gasteiger partial charge in [0.05, 0.1) is 5.52 Å². The van der Waals surface area contributed by atoms with Crippen molar-refractivity contribution in [2.45, 2.75) is 32.2 Å². The van der Waals surface area contributed by atoms with Gasteiger partial charge in [0.25, 0.3) is 0 Å². The van der Waals surface area contributed by atoms with E-state index in [0.29, 0.717) is 0 Å². The number of hydrogen-bond acceptors (Lipinski definition) is 1. The summed E-state index contributed by atoms with van der Waals surface area (Å²) in [7, 11) is 0. The number of nitrogens with one attached hydrogen (secondary N) is 1. The fourth-order valence-electron chi connectivity index (χ4n) is 2.05. The SMILES string of the molecule is CCC(N)(CC)c1c[nH]c2[c]cccc12. The third-order valence-corrected chi connectivity index (χ3v) is 3.31. The lowest BCUT2D eigenvalue weighted by Crippen LogP contribution is -2.34. The minimum absolute atomic E-state index is 0.215. The molecule has 1 heterocycles. The number of para-hydroxylation sites is 1. The topological polar surface area (TPSA) is 41.8 Å². The number of rotatable bonds is 3. The Bertz CT molecular complexity index is 452. The molecule has 3 N–H and O–H groups in total. The second kappa shape index (κ2) is 3.70. The van der Waals surface area contributed by atoms with Crippen molar-refractivity contribution in [3.8, 4) is 0 Å². The van der Waals surface area contributed by atoms with Gasteiger partial charge in [0.2, 0.25) is 0 Å². The molecule has 1 radical (unpaired) electrons. The van der Waals surface area contributed by atoms with Gasteiger partial charge in [-0.05, 0) is 18.4 Å². The molecule has 2 rings (SSSR count). The molecule has 79 valence electrons. The monoisotopic (exact) mass is 201 g/mol. The highest BCUT2D eigenvalue weighted by Gasteiger charge is 2.25. The summed E-state index contributed by atoms with van der Waals surface area (Å²) in [5.74, 6) is 0. The molecule has 1 aromatic heterocycles. The van der Waals surface area contributed by atoms with Gasteiger partial charge in [-0.1, -0.05) is 32.0 Å². The Labute approximate surface area is 90.5 Å². The van der Waals surface area contributed by atoms with E-state index in [2.05, 4.69) is 31.0 Å². The van der Waals surface area contributed by atoms with E-state index in [1.807, 2.05) is 18.3 Å². The van der Waals surface area contributed by atoms with Gasteiger partial charge in [0.1, 0.15) is 0 Å². The minimum Gasteiger partial charge on any atom is -0.360 e. The number of H-pyrrole nitrogens is 1. The predicted molar refractivity (Wildman–Crippen MR) is 63.6 cm³/mol. The maximum absolute atomic E-state index is 6.39. The zero-order valence-corrected chi connectivity index (χ0v) is 9.30. The van der Waals surface area contributed by atoms with Crippen molar-refractivity contribution in [2.24, 2.45) is 5.73 Å². The van der Waals surface area contributed by atoms with Crippen molar-refractivity contribution in [2.75, 3.05) is 0 Å². The lowest BCUT2D eigenvalue weighted by molar-refractivity contribution is 0.416. The van der Waals surface area contributed by atoms with Crippen LogP contribution in [0.2, 0.25) is 0 Å². The van der Waals surface area contributed by atoms with Crippen LogP contribution in [0.25, 0.3) is 10.9 Å². The zero-order valence-electron chi connectivity index (χ0n) is 9.30. The molecule has 0 atom stereocenters. The van der Waals surface area contributed by atoms with Gasteiger partial charge in [0.15, 0.2) is 0 Å². The Morgan fingerprint density at radius 3 is 2.80 bits per heavy atom. The van der Waals surface area contributed by atoms with Crippen LogP contribution in [0.4, 0.5) is 0 Å². The molecule has 0 saturated heterocycles. The summed E-state index contributed by atoms with van der Waals surface area (Å²) < 4.78 is 0. The van der Waals surface area contributed by atoms with E-state index < -0.39 is 0 Å². The molecule has 2 nitrogen and oxygen atoms in total. The molecule has 2 aromatic rings. The van der Waals surface area contributed by atoms with Crippen LogP contribution in [0.15, 0.2) is 24.4 Å². The highest BCUT2D eigenvalue weighted by molar-refractivity contribution is 5.83. The third-order valence-electron chi connectivity index (χ3n) is 3.31. The first kappa shape index (κ1) is 10.2. The number of nitrogens with two attached hydrogens (primary N) is 1. The van der Waals surface area contributed by atoms with E-state index in [0.717, 1.165) is 18.4 Å². The van der Waals surface area contributed by atoms with Crippen molar-refractivity contribution < 1.29 is 0 Å². The molecule has 1 aromatic carbocycles. The molecule has 15 heavy (non-hydrogen) atoms. The van der Waals surface area contributed by atoms with E-state index in [9.17, 15) is 0 Å². The van der Waals surface area contributed by atoms with Gasteiger partial charge >= 0.3 is 0 Å². The number of benzene rings is 1. The van der Waals surface area contributed by atoms with Crippen LogP contribution in [0.5, 0.6) is 0 Å². The van der Waals surface area contributed by atoms with Gasteiger partial charge in [-0.25, -0.2) is 0 Å². The molecule has 0 fully saturated rings. The summed E-state index contributed by atoms with van der Waals surface area (Å²) >= 11 is 0. The van der Waals surface area contributed by atoms with Crippen LogP contribution in [-0.2, 0) is 5.54 Å². The fraction of sp³-hybridized carbons (Fsp3) is 0.385. The Hall–Kier alpha value is -1.28. The minimum atomic E-state index is -0.215. The molecule has 0 aliphatic carbocycles. The first-order chi connectivity index (χ1) is 7.21. The van der Waals surface area contributed by atoms with Crippen LogP contribution < -0.4 is 5.73 Å². The molecule has 0 bridgehead atoms. The fourth-order valence-corrected chi connectivity index (χ4v) is 2.05. The second-order valence-corrected chi connectivity index (χ2v) is 4.02. The summed E-state index contributed by atoms with van der Waals surface area (Å²) in [5, 5.41) is 1.20. The lowest BCUT2D eigenvalue weighted by atomic mass is 9.86. The maximum Gasteiger partial charge on any atom is 0.0537 e. The molecule has 0 amide bonds. The molecule has 0 aliphatic heterocycles.